The van der Waals surface area contributed by atoms with E-state index in [4.69, 9.17) is 4.74 Å². The van der Waals surface area contributed by atoms with Gasteiger partial charge in [-0.05, 0) is 76.6 Å². The van der Waals surface area contributed by atoms with Crippen molar-refractivity contribution >= 4 is 10.0 Å². The summed E-state index contributed by atoms with van der Waals surface area (Å²) in [6.45, 7) is 14.3. The van der Waals surface area contributed by atoms with Gasteiger partial charge < -0.3 is 10.1 Å². The van der Waals surface area contributed by atoms with Crippen LogP contribution in [0.1, 0.15) is 71.4 Å². The molecule has 0 radical (unpaired) electrons. The molecule has 0 aliphatic carbocycles. The lowest BCUT2D eigenvalue weighted by Gasteiger charge is -2.46. The van der Waals surface area contributed by atoms with Crippen molar-refractivity contribution in [1.29, 1.82) is 0 Å². The Hall–Kier alpha value is -1.11. The second-order valence-corrected chi connectivity index (χ2v) is 10.8. The van der Waals surface area contributed by atoms with Gasteiger partial charge in [0.2, 0.25) is 10.0 Å². The summed E-state index contributed by atoms with van der Waals surface area (Å²) in [5.41, 5.74) is 1.37. The van der Waals surface area contributed by atoms with Crippen LogP contribution in [0.25, 0.3) is 0 Å². The average Bonchev–Trinajstić information content (AvgIpc) is 2.42. The standard InChI is InChI=1S/C20H34N2O3S/c1-13(2)16-10-17(25-8)14(3)9-18(16)26(23,24)21-15-11-19(4,5)22-20(6,7)12-15/h9-10,13,15,21-22H,11-12H2,1-8H3. The van der Waals surface area contributed by atoms with Crippen LogP contribution in [0.2, 0.25) is 0 Å². The summed E-state index contributed by atoms with van der Waals surface area (Å²) in [5.74, 6) is 0.800. The van der Waals surface area contributed by atoms with Crippen LogP contribution in [0.3, 0.4) is 0 Å². The van der Waals surface area contributed by atoms with Crippen LogP contribution in [-0.2, 0) is 10.0 Å². The van der Waals surface area contributed by atoms with Crippen molar-refractivity contribution in [2.45, 2.75) is 89.2 Å². The van der Waals surface area contributed by atoms with E-state index >= 15 is 0 Å². The fraction of sp³-hybridized carbons (Fsp3) is 0.700. The van der Waals surface area contributed by atoms with Crippen molar-refractivity contribution in [3.05, 3.63) is 23.3 Å². The molecule has 1 aromatic rings. The first-order valence-electron chi connectivity index (χ1n) is 9.26. The molecule has 1 aliphatic heterocycles. The molecular formula is C20H34N2O3S. The topological polar surface area (TPSA) is 67.4 Å². The molecule has 1 heterocycles. The second kappa shape index (κ2) is 7.13. The highest BCUT2D eigenvalue weighted by Gasteiger charge is 2.39. The highest BCUT2D eigenvalue weighted by molar-refractivity contribution is 7.89. The number of sulfonamides is 1. The third kappa shape index (κ3) is 4.78. The first-order chi connectivity index (χ1) is 11.8. The Morgan fingerprint density at radius 2 is 1.69 bits per heavy atom. The highest BCUT2D eigenvalue weighted by atomic mass is 32.2. The molecule has 0 aromatic heterocycles. The largest absolute Gasteiger partial charge is 0.496 e. The molecule has 1 fully saturated rings. The summed E-state index contributed by atoms with van der Waals surface area (Å²) in [6.07, 6.45) is 1.50. The van der Waals surface area contributed by atoms with Crippen LogP contribution in [0.4, 0.5) is 0 Å². The Kier molecular flexibility index (Phi) is 5.81. The molecule has 5 nitrogen and oxygen atoms in total. The van der Waals surface area contributed by atoms with E-state index in [1.165, 1.54) is 0 Å². The molecule has 6 heteroatoms. The number of hydrogen-bond donors (Lipinski definition) is 2. The first kappa shape index (κ1) is 21.2. The predicted octanol–water partition coefficient (Wildman–Crippen LogP) is 3.71. The van der Waals surface area contributed by atoms with Gasteiger partial charge in [0.15, 0.2) is 0 Å². The van der Waals surface area contributed by atoms with Crippen molar-refractivity contribution in [2.75, 3.05) is 7.11 Å². The molecule has 0 saturated carbocycles. The summed E-state index contributed by atoms with van der Waals surface area (Å²) in [6, 6.07) is 3.48. The van der Waals surface area contributed by atoms with Gasteiger partial charge in [-0.3, -0.25) is 0 Å². The zero-order chi connectivity index (χ0) is 19.9. The molecule has 1 aliphatic rings. The van der Waals surface area contributed by atoms with Gasteiger partial charge in [0.1, 0.15) is 5.75 Å². The average molecular weight is 383 g/mol. The van der Waals surface area contributed by atoms with E-state index in [-0.39, 0.29) is 23.0 Å². The molecule has 26 heavy (non-hydrogen) atoms. The molecule has 0 amide bonds. The predicted molar refractivity (Wildman–Crippen MR) is 106 cm³/mol. The van der Waals surface area contributed by atoms with Gasteiger partial charge in [-0.1, -0.05) is 13.8 Å². The number of hydrogen-bond acceptors (Lipinski definition) is 4. The van der Waals surface area contributed by atoms with Gasteiger partial charge in [-0.25, -0.2) is 13.1 Å². The summed E-state index contributed by atoms with van der Waals surface area (Å²) in [5, 5.41) is 3.59. The molecule has 2 N–H and O–H groups in total. The molecule has 0 bridgehead atoms. The molecular weight excluding hydrogens is 348 g/mol. The maximum Gasteiger partial charge on any atom is 0.241 e. The van der Waals surface area contributed by atoms with Crippen molar-refractivity contribution in [2.24, 2.45) is 0 Å². The van der Waals surface area contributed by atoms with Crippen LogP contribution in [0.15, 0.2) is 17.0 Å². The Balaban J connectivity index is 2.40. The molecule has 1 aromatic carbocycles. The Morgan fingerprint density at radius 3 is 2.15 bits per heavy atom. The molecule has 0 atom stereocenters. The monoisotopic (exact) mass is 382 g/mol. The number of nitrogens with one attached hydrogen (secondary N) is 2. The third-order valence-corrected chi connectivity index (χ3v) is 6.53. The lowest BCUT2D eigenvalue weighted by Crippen LogP contribution is -2.62. The second-order valence-electron chi connectivity index (χ2n) is 9.13. The van der Waals surface area contributed by atoms with Crippen LogP contribution in [-0.4, -0.2) is 32.6 Å². The van der Waals surface area contributed by atoms with Gasteiger partial charge in [0.05, 0.1) is 12.0 Å². The van der Waals surface area contributed by atoms with Crippen LogP contribution >= 0.6 is 0 Å². The Bertz CT molecular complexity index is 752. The maximum absolute atomic E-state index is 13.2. The van der Waals surface area contributed by atoms with E-state index in [0.29, 0.717) is 4.90 Å². The minimum atomic E-state index is -3.62. The van der Waals surface area contributed by atoms with Gasteiger partial charge in [-0.2, -0.15) is 0 Å². The first-order valence-corrected chi connectivity index (χ1v) is 10.7. The van der Waals surface area contributed by atoms with Crippen LogP contribution in [0, 0.1) is 6.92 Å². The Labute approximate surface area is 159 Å². The fourth-order valence-electron chi connectivity index (χ4n) is 4.27. The van der Waals surface area contributed by atoms with Crippen molar-refractivity contribution in [1.82, 2.24) is 10.0 Å². The number of aryl methyl sites for hydroxylation is 1. The van der Waals surface area contributed by atoms with Gasteiger partial charge in [0.25, 0.3) is 0 Å². The minimum Gasteiger partial charge on any atom is -0.496 e. The molecule has 0 spiro atoms. The van der Waals surface area contributed by atoms with E-state index in [2.05, 4.69) is 37.7 Å². The van der Waals surface area contributed by atoms with Gasteiger partial charge in [0, 0.05) is 17.1 Å². The molecule has 148 valence electrons. The van der Waals surface area contributed by atoms with E-state index in [9.17, 15) is 8.42 Å². The molecule has 1 saturated heterocycles. The van der Waals surface area contributed by atoms with Crippen LogP contribution < -0.4 is 14.8 Å². The summed E-state index contributed by atoms with van der Waals surface area (Å²) >= 11 is 0. The number of methoxy groups -OCH3 is 1. The van der Waals surface area contributed by atoms with E-state index in [0.717, 1.165) is 29.7 Å². The summed E-state index contributed by atoms with van der Waals surface area (Å²) in [4.78, 5) is 0.361. The van der Waals surface area contributed by atoms with Gasteiger partial charge >= 0.3 is 0 Å². The quantitative estimate of drug-likeness (QED) is 0.814. The lowest BCUT2D eigenvalue weighted by molar-refractivity contribution is 0.157. The van der Waals surface area contributed by atoms with Crippen molar-refractivity contribution in [3.8, 4) is 5.75 Å². The molecule has 2 rings (SSSR count). The Morgan fingerprint density at radius 1 is 1.15 bits per heavy atom. The third-order valence-electron chi connectivity index (χ3n) is 4.95. The number of rotatable bonds is 5. The van der Waals surface area contributed by atoms with Crippen LogP contribution in [0.5, 0.6) is 5.75 Å². The summed E-state index contributed by atoms with van der Waals surface area (Å²) in [7, 11) is -2.01. The van der Waals surface area contributed by atoms with Crippen molar-refractivity contribution in [3.63, 3.8) is 0 Å². The molecule has 0 unspecified atom stereocenters. The van der Waals surface area contributed by atoms with E-state index in [1.54, 1.807) is 13.2 Å². The normalized spacial score (nSPS) is 20.3. The SMILES string of the molecule is COc1cc(C(C)C)c(S(=O)(=O)NC2CC(C)(C)NC(C)(C)C2)cc1C. The maximum atomic E-state index is 13.2. The zero-order valence-corrected chi connectivity index (χ0v) is 18.2. The fourth-order valence-corrected chi connectivity index (χ4v) is 5.94. The summed E-state index contributed by atoms with van der Waals surface area (Å²) < 4.78 is 34.8. The smallest absolute Gasteiger partial charge is 0.241 e. The number of benzene rings is 1. The van der Waals surface area contributed by atoms with Gasteiger partial charge in [-0.15, -0.1) is 0 Å². The number of piperidine rings is 1. The lowest BCUT2D eigenvalue weighted by atomic mass is 9.80. The number of ether oxygens (including phenoxy) is 1. The highest BCUT2D eigenvalue weighted by Crippen LogP contribution is 2.33. The minimum absolute atomic E-state index is 0.0805. The van der Waals surface area contributed by atoms with E-state index < -0.39 is 10.0 Å². The zero-order valence-electron chi connectivity index (χ0n) is 17.4. The van der Waals surface area contributed by atoms with E-state index in [1.807, 2.05) is 26.8 Å². The van der Waals surface area contributed by atoms with Crippen molar-refractivity contribution < 1.29 is 13.2 Å².